The van der Waals surface area contributed by atoms with E-state index in [4.69, 9.17) is 4.74 Å². The van der Waals surface area contributed by atoms with Gasteiger partial charge in [-0.25, -0.2) is 4.21 Å². The molecule has 120 valence electrons. The molecule has 0 amide bonds. The number of ether oxygens (including phenoxy) is 1. The fourth-order valence-electron chi connectivity index (χ4n) is 1.77. The summed E-state index contributed by atoms with van der Waals surface area (Å²) >= 11 is 0. The molecular weight excluding hydrogens is 322 g/mol. The Morgan fingerprint density at radius 3 is 2.35 bits per heavy atom. The number of nitro groups is 1. The summed E-state index contributed by atoms with van der Waals surface area (Å²) in [5.74, 6) is -0.224. The van der Waals surface area contributed by atoms with Crippen LogP contribution in [0.4, 0.5) is 0 Å². The minimum atomic E-state index is -2.01. The van der Waals surface area contributed by atoms with Gasteiger partial charge in [-0.3, -0.25) is 10.1 Å². The smallest absolute Gasteiger partial charge is 0.338 e. The van der Waals surface area contributed by atoms with Gasteiger partial charge < -0.3 is 14.9 Å². The lowest BCUT2D eigenvalue weighted by Gasteiger charge is -2.03. The second kappa shape index (κ2) is 6.93. The Bertz CT molecular complexity index is 785. The minimum Gasteiger partial charge on any atom is -0.504 e. The van der Waals surface area contributed by atoms with E-state index in [1.54, 1.807) is 12.1 Å². The SMILES string of the molecule is COc1ccc(S(=O)/C(=C\c2ccc(O)c(O)c2)[N+](=O)[O-])cc1. The van der Waals surface area contributed by atoms with Crippen molar-refractivity contribution in [2.24, 2.45) is 0 Å². The number of hydrogen-bond acceptors (Lipinski definition) is 6. The van der Waals surface area contributed by atoms with Crippen LogP contribution in [0.15, 0.2) is 52.4 Å². The minimum absolute atomic E-state index is 0.244. The third kappa shape index (κ3) is 3.86. The Hall–Kier alpha value is -2.87. The summed E-state index contributed by atoms with van der Waals surface area (Å²) in [6.07, 6.45) is 1.08. The van der Waals surface area contributed by atoms with Gasteiger partial charge in [0.15, 0.2) is 22.3 Å². The lowest BCUT2D eigenvalue weighted by atomic mass is 10.2. The van der Waals surface area contributed by atoms with Gasteiger partial charge in [-0.15, -0.1) is 0 Å². The van der Waals surface area contributed by atoms with Crippen LogP contribution in [0.3, 0.4) is 0 Å². The Kier molecular flexibility index (Phi) is 4.97. The van der Waals surface area contributed by atoms with E-state index in [9.17, 15) is 24.5 Å². The zero-order valence-corrected chi connectivity index (χ0v) is 12.8. The quantitative estimate of drug-likeness (QED) is 0.493. The van der Waals surface area contributed by atoms with Crippen LogP contribution in [0.5, 0.6) is 17.2 Å². The van der Waals surface area contributed by atoms with Crippen molar-refractivity contribution in [3.05, 3.63) is 63.2 Å². The molecule has 0 saturated carbocycles. The second-order valence-electron chi connectivity index (χ2n) is 4.43. The van der Waals surface area contributed by atoms with E-state index in [1.165, 1.54) is 31.4 Å². The first-order valence-electron chi connectivity index (χ1n) is 6.36. The van der Waals surface area contributed by atoms with E-state index in [-0.39, 0.29) is 16.2 Å². The zero-order valence-electron chi connectivity index (χ0n) is 12.0. The van der Waals surface area contributed by atoms with Gasteiger partial charge in [0.1, 0.15) is 5.75 Å². The van der Waals surface area contributed by atoms with Crippen molar-refractivity contribution in [3.63, 3.8) is 0 Å². The van der Waals surface area contributed by atoms with Crippen LogP contribution < -0.4 is 4.74 Å². The molecule has 0 bridgehead atoms. The molecule has 23 heavy (non-hydrogen) atoms. The van der Waals surface area contributed by atoms with E-state index in [1.807, 2.05) is 0 Å². The highest BCUT2D eigenvalue weighted by Crippen LogP contribution is 2.27. The van der Waals surface area contributed by atoms with Gasteiger partial charge in [-0.2, -0.15) is 0 Å². The monoisotopic (exact) mass is 335 g/mol. The summed E-state index contributed by atoms with van der Waals surface area (Å²) in [6.45, 7) is 0. The molecule has 0 aliphatic carbocycles. The molecule has 0 saturated heterocycles. The molecule has 2 N–H and O–H groups in total. The summed E-state index contributed by atoms with van der Waals surface area (Å²) in [4.78, 5) is 10.7. The first-order valence-corrected chi connectivity index (χ1v) is 7.51. The number of phenolic OH excluding ortho intramolecular Hbond substituents is 2. The molecule has 0 spiro atoms. The van der Waals surface area contributed by atoms with Crippen molar-refractivity contribution in [3.8, 4) is 17.2 Å². The predicted molar refractivity (Wildman–Crippen MR) is 84.1 cm³/mol. The molecule has 0 fully saturated rings. The third-order valence-electron chi connectivity index (χ3n) is 2.93. The van der Waals surface area contributed by atoms with Crippen LogP contribution >= 0.6 is 0 Å². The maximum absolute atomic E-state index is 12.4. The maximum Gasteiger partial charge on any atom is 0.338 e. The summed E-state index contributed by atoms with van der Waals surface area (Å²) in [5, 5.41) is 29.3. The first kappa shape index (κ1) is 16.5. The van der Waals surface area contributed by atoms with Crippen molar-refractivity contribution in [2.75, 3.05) is 7.11 Å². The number of nitrogens with zero attached hydrogens (tertiary/aromatic N) is 1. The normalized spacial score (nSPS) is 12.7. The highest BCUT2D eigenvalue weighted by molar-refractivity contribution is 7.88. The van der Waals surface area contributed by atoms with Crippen molar-refractivity contribution >= 4 is 16.9 Å². The largest absolute Gasteiger partial charge is 0.504 e. The number of methoxy groups -OCH3 is 1. The molecule has 0 aromatic heterocycles. The first-order chi connectivity index (χ1) is 10.9. The third-order valence-corrected chi connectivity index (χ3v) is 4.28. The van der Waals surface area contributed by atoms with Gasteiger partial charge in [0.2, 0.25) is 0 Å². The van der Waals surface area contributed by atoms with Gasteiger partial charge in [0, 0.05) is 6.08 Å². The molecule has 0 radical (unpaired) electrons. The molecule has 2 aromatic carbocycles. The number of aromatic hydroxyl groups is 2. The Balaban J connectivity index is 2.40. The second-order valence-corrected chi connectivity index (χ2v) is 5.86. The molecule has 0 heterocycles. The summed E-state index contributed by atoms with van der Waals surface area (Å²) in [6, 6.07) is 9.75. The zero-order chi connectivity index (χ0) is 17.0. The van der Waals surface area contributed by atoms with E-state index in [0.29, 0.717) is 5.75 Å². The van der Waals surface area contributed by atoms with Crippen molar-refractivity contribution in [2.45, 2.75) is 4.90 Å². The van der Waals surface area contributed by atoms with Crippen LogP contribution in [0, 0.1) is 10.1 Å². The standard InChI is InChI=1S/C15H13NO6S/c1-22-11-3-5-12(6-4-11)23(21)15(16(19)20)9-10-2-7-13(17)14(18)8-10/h2-9,17-18H,1H3/b15-9-. The van der Waals surface area contributed by atoms with E-state index < -0.39 is 26.5 Å². The summed E-state index contributed by atoms with van der Waals surface area (Å²) < 4.78 is 17.4. The lowest BCUT2D eigenvalue weighted by Crippen LogP contribution is -2.06. The van der Waals surface area contributed by atoms with E-state index in [0.717, 1.165) is 12.1 Å². The summed E-state index contributed by atoms with van der Waals surface area (Å²) in [5.41, 5.74) is 0.244. The van der Waals surface area contributed by atoms with E-state index >= 15 is 0 Å². The molecule has 7 nitrogen and oxygen atoms in total. The van der Waals surface area contributed by atoms with Crippen LogP contribution in [0.2, 0.25) is 0 Å². The molecule has 1 atom stereocenters. The Labute approximate surface area is 134 Å². The molecule has 8 heteroatoms. The van der Waals surface area contributed by atoms with Crippen molar-refractivity contribution in [1.82, 2.24) is 0 Å². The number of benzene rings is 2. The molecule has 0 aliphatic heterocycles. The van der Waals surface area contributed by atoms with Crippen molar-refractivity contribution < 1.29 is 24.1 Å². The molecule has 0 aliphatic rings. The maximum atomic E-state index is 12.4. The fraction of sp³-hybridized carbons (Fsp3) is 0.0667. The van der Waals surface area contributed by atoms with Gasteiger partial charge >= 0.3 is 5.03 Å². The topological polar surface area (TPSA) is 110 Å². The van der Waals surface area contributed by atoms with Crippen molar-refractivity contribution in [1.29, 1.82) is 0 Å². The molecule has 2 rings (SSSR count). The van der Waals surface area contributed by atoms with Crippen LogP contribution in [-0.4, -0.2) is 26.5 Å². The van der Waals surface area contributed by atoms with Gasteiger partial charge in [-0.05, 0) is 42.0 Å². The fourth-order valence-corrected chi connectivity index (χ4v) is 2.77. The highest BCUT2D eigenvalue weighted by Gasteiger charge is 2.22. The molecule has 2 aromatic rings. The Morgan fingerprint density at radius 1 is 1.17 bits per heavy atom. The summed E-state index contributed by atoms with van der Waals surface area (Å²) in [7, 11) is -0.534. The van der Waals surface area contributed by atoms with Crippen LogP contribution in [0.25, 0.3) is 6.08 Å². The molecule has 1 unspecified atom stereocenters. The van der Waals surface area contributed by atoms with Gasteiger partial charge in [0.25, 0.3) is 0 Å². The van der Waals surface area contributed by atoms with Gasteiger partial charge in [0.05, 0.1) is 16.9 Å². The van der Waals surface area contributed by atoms with Crippen LogP contribution in [-0.2, 0) is 10.8 Å². The number of hydrogen-bond donors (Lipinski definition) is 2. The van der Waals surface area contributed by atoms with Crippen LogP contribution in [0.1, 0.15) is 5.56 Å². The highest BCUT2D eigenvalue weighted by atomic mass is 32.2. The van der Waals surface area contributed by atoms with Gasteiger partial charge in [-0.1, -0.05) is 6.07 Å². The number of rotatable bonds is 5. The average molecular weight is 335 g/mol. The number of phenols is 2. The molecular formula is C15H13NO6S. The predicted octanol–water partition coefficient (Wildman–Crippen LogP) is 2.49. The Morgan fingerprint density at radius 2 is 1.83 bits per heavy atom. The lowest BCUT2D eigenvalue weighted by molar-refractivity contribution is -0.409. The average Bonchev–Trinajstić information content (AvgIpc) is 2.55. The van der Waals surface area contributed by atoms with E-state index in [2.05, 4.69) is 0 Å².